The van der Waals surface area contributed by atoms with Crippen LogP contribution in [0.25, 0.3) is 5.69 Å². The fraction of sp³-hybridized carbons (Fsp3) is 0.417. The predicted octanol–water partition coefficient (Wildman–Crippen LogP) is 2.68. The van der Waals surface area contributed by atoms with Crippen molar-refractivity contribution >= 4 is 17.7 Å². The van der Waals surface area contributed by atoms with Crippen LogP contribution in [0.15, 0.2) is 35.1 Å². The number of rotatable bonds is 7. The quantitative estimate of drug-likeness (QED) is 0.664. The van der Waals surface area contributed by atoms with Gasteiger partial charge in [0.2, 0.25) is 0 Å². The molecular formula is C24H28N2O6. The van der Waals surface area contributed by atoms with Gasteiger partial charge in [-0.3, -0.25) is 19.0 Å². The zero-order valence-corrected chi connectivity index (χ0v) is 18.8. The minimum atomic E-state index is -0.895. The maximum Gasteiger partial charge on any atom is 0.328 e. The van der Waals surface area contributed by atoms with Crippen molar-refractivity contribution in [1.29, 1.82) is 0 Å². The third kappa shape index (κ3) is 4.74. The van der Waals surface area contributed by atoms with Gasteiger partial charge in [-0.25, -0.2) is 4.79 Å². The Bertz CT molecular complexity index is 1080. The summed E-state index contributed by atoms with van der Waals surface area (Å²) in [6.07, 6.45) is 1.89. The number of ketones is 1. The molecule has 1 aliphatic rings. The summed E-state index contributed by atoms with van der Waals surface area (Å²) in [5.41, 5.74) is 0.736. The zero-order chi connectivity index (χ0) is 23.4. The molecule has 1 aromatic heterocycles. The Morgan fingerprint density at radius 1 is 1.09 bits per heavy atom. The maximum absolute atomic E-state index is 13.4. The summed E-state index contributed by atoms with van der Waals surface area (Å²) in [5.74, 6) is -0.684. The van der Waals surface area contributed by atoms with Gasteiger partial charge >= 0.3 is 5.97 Å². The Kier molecular flexibility index (Phi) is 7.12. The standard InChI is InChI=1S/C24H28N2O6/c1-14(2)12-19(24(30)32-4)25-22(28)18-13-17-20(6-5-7-21(17)27)26(23(18)29)15-8-10-16(31-3)11-9-15/h8-11,13-14,19H,5-7,12H2,1-4H3,(H,25,28). The van der Waals surface area contributed by atoms with Crippen LogP contribution in [-0.4, -0.2) is 42.5 Å². The summed E-state index contributed by atoms with van der Waals surface area (Å²) >= 11 is 0. The number of fused-ring (bicyclic) bond motifs is 1. The molecule has 170 valence electrons. The number of aromatic nitrogens is 1. The lowest BCUT2D eigenvalue weighted by atomic mass is 9.92. The summed E-state index contributed by atoms with van der Waals surface area (Å²) in [6, 6.07) is 7.29. The van der Waals surface area contributed by atoms with E-state index in [0.717, 1.165) is 0 Å². The number of hydrogen-bond acceptors (Lipinski definition) is 6. The Morgan fingerprint density at radius 3 is 2.38 bits per heavy atom. The molecule has 0 radical (unpaired) electrons. The highest BCUT2D eigenvalue weighted by molar-refractivity contribution is 6.02. The van der Waals surface area contributed by atoms with Crippen molar-refractivity contribution < 1.29 is 23.9 Å². The topological polar surface area (TPSA) is 104 Å². The number of amides is 1. The lowest BCUT2D eigenvalue weighted by molar-refractivity contribution is -0.143. The molecule has 1 amide bonds. The number of benzene rings is 1. The Labute approximate surface area is 186 Å². The average molecular weight is 440 g/mol. The highest BCUT2D eigenvalue weighted by Gasteiger charge is 2.29. The molecule has 0 saturated heterocycles. The number of nitrogens with zero attached hydrogens (tertiary/aromatic N) is 1. The SMILES string of the molecule is COC(=O)C(CC(C)C)NC(=O)c1cc2c(n(-c3ccc(OC)cc3)c1=O)CCCC2=O. The van der Waals surface area contributed by atoms with Crippen LogP contribution < -0.4 is 15.6 Å². The van der Waals surface area contributed by atoms with Crippen LogP contribution in [0.2, 0.25) is 0 Å². The van der Waals surface area contributed by atoms with Crippen molar-refractivity contribution in [2.24, 2.45) is 5.92 Å². The normalized spacial score (nSPS) is 14.0. The number of esters is 1. The number of hydrogen-bond donors (Lipinski definition) is 1. The van der Waals surface area contributed by atoms with Gasteiger partial charge in [0.15, 0.2) is 5.78 Å². The van der Waals surface area contributed by atoms with Gasteiger partial charge in [0.1, 0.15) is 17.4 Å². The fourth-order valence-electron chi connectivity index (χ4n) is 3.92. The molecule has 0 aliphatic heterocycles. The highest BCUT2D eigenvalue weighted by atomic mass is 16.5. The molecule has 8 nitrogen and oxygen atoms in total. The van der Waals surface area contributed by atoms with E-state index in [1.807, 2.05) is 13.8 Å². The monoisotopic (exact) mass is 440 g/mol. The molecule has 0 bridgehead atoms. The van der Waals surface area contributed by atoms with Gasteiger partial charge in [0.05, 0.1) is 14.2 Å². The molecule has 2 aromatic rings. The molecule has 0 fully saturated rings. The number of nitrogens with one attached hydrogen (secondary N) is 1. The van der Waals surface area contributed by atoms with Gasteiger partial charge in [-0.2, -0.15) is 0 Å². The Morgan fingerprint density at radius 2 is 1.78 bits per heavy atom. The minimum Gasteiger partial charge on any atom is -0.497 e. The largest absolute Gasteiger partial charge is 0.497 e. The predicted molar refractivity (Wildman–Crippen MR) is 119 cm³/mol. The average Bonchev–Trinajstić information content (AvgIpc) is 2.77. The first-order valence-electron chi connectivity index (χ1n) is 10.6. The minimum absolute atomic E-state index is 0.112. The van der Waals surface area contributed by atoms with E-state index in [2.05, 4.69) is 5.32 Å². The van der Waals surface area contributed by atoms with Crippen molar-refractivity contribution in [3.05, 3.63) is 57.5 Å². The van der Waals surface area contributed by atoms with Crippen molar-refractivity contribution in [3.63, 3.8) is 0 Å². The van der Waals surface area contributed by atoms with E-state index < -0.39 is 23.5 Å². The summed E-state index contributed by atoms with van der Waals surface area (Å²) in [4.78, 5) is 51.3. The first-order valence-corrected chi connectivity index (χ1v) is 10.6. The smallest absolute Gasteiger partial charge is 0.328 e. The molecule has 1 aliphatic carbocycles. The van der Waals surface area contributed by atoms with Crippen molar-refractivity contribution in [2.45, 2.75) is 45.6 Å². The van der Waals surface area contributed by atoms with Crippen LogP contribution in [-0.2, 0) is 16.0 Å². The lowest BCUT2D eigenvalue weighted by Crippen LogP contribution is -2.45. The summed E-state index contributed by atoms with van der Waals surface area (Å²) < 4.78 is 11.4. The molecule has 0 spiro atoms. The van der Waals surface area contributed by atoms with Gasteiger partial charge < -0.3 is 14.8 Å². The number of carbonyl (C=O) groups excluding carboxylic acids is 3. The second kappa shape index (κ2) is 9.80. The van der Waals surface area contributed by atoms with E-state index in [4.69, 9.17) is 9.47 Å². The molecule has 3 rings (SSSR count). The third-order valence-electron chi connectivity index (χ3n) is 5.49. The van der Waals surface area contributed by atoms with Crippen molar-refractivity contribution in [3.8, 4) is 11.4 Å². The first kappa shape index (κ1) is 23.2. The van der Waals surface area contributed by atoms with E-state index in [0.29, 0.717) is 48.4 Å². The van der Waals surface area contributed by atoms with Gasteiger partial charge in [0, 0.05) is 23.4 Å². The van der Waals surface area contributed by atoms with Crippen LogP contribution in [0.4, 0.5) is 0 Å². The molecular weight excluding hydrogens is 412 g/mol. The Balaban J connectivity index is 2.11. The Hall–Kier alpha value is -3.42. The lowest BCUT2D eigenvalue weighted by Gasteiger charge is -2.23. The molecule has 8 heteroatoms. The highest BCUT2D eigenvalue weighted by Crippen LogP contribution is 2.24. The van der Waals surface area contributed by atoms with Gasteiger partial charge in [-0.15, -0.1) is 0 Å². The van der Waals surface area contributed by atoms with Gasteiger partial charge in [-0.05, 0) is 55.5 Å². The molecule has 1 heterocycles. The number of carbonyl (C=O) groups is 3. The number of ether oxygens (including phenoxy) is 2. The third-order valence-corrected chi connectivity index (χ3v) is 5.49. The van der Waals surface area contributed by atoms with Crippen LogP contribution in [0, 0.1) is 5.92 Å². The van der Waals surface area contributed by atoms with Gasteiger partial charge in [0.25, 0.3) is 11.5 Å². The zero-order valence-electron chi connectivity index (χ0n) is 18.8. The first-order chi connectivity index (χ1) is 15.3. The van der Waals surface area contributed by atoms with Crippen molar-refractivity contribution in [1.82, 2.24) is 9.88 Å². The number of pyridine rings is 1. The maximum atomic E-state index is 13.4. The molecule has 1 unspecified atom stereocenters. The second-order valence-electron chi connectivity index (χ2n) is 8.21. The number of methoxy groups -OCH3 is 2. The van der Waals surface area contributed by atoms with E-state index in [1.165, 1.54) is 17.7 Å². The molecule has 1 N–H and O–H groups in total. The van der Waals surface area contributed by atoms with E-state index in [-0.39, 0.29) is 17.3 Å². The summed E-state index contributed by atoms with van der Waals surface area (Å²) in [5, 5.41) is 2.62. The van der Waals surface area contributed by atoms with Crippen LogP contribution >= 0.6 is 0 Å². The molecule has 0 saturated carbocycles. The van der Waals surface area contributed by atoms with E-state index >= 15 is 0 Å². The second-order valence-corrected chi connectivity index (χ2v) is 8.21. The fourth-order valence-corrected chi connectivity index (χ4v) is 3.92. The van der Waals surface area contributed by atoms with E-state index in [1.54, 1.807) is 31.4 Å². The van der Waals surface area contributed by atoms with Crippen LogP contribution in [0.3, 0.4) is 0 Å². The number of Topliss-reactive ketones (excluding diaryl/α,β-unsaturated/α-hetero) is 1. The van der Waals surface area contributed by atoms with Crippen molar-refractivity contribution in [2.75, 3.05) is 14.2 Å². The molecule has 1 atom stereocenters. The molecule has 32 heavy (non-hydrogen) atoms. The van der Waals surface area contributed by atoms with Gasteiger partial charge in [-0.1, -0.05) is 13.8 Å². The van der Waals surface area contributed by atoms with Crippen LogP contribution in [0.5, 0.6) is 5.75 Å². The van der Waals surface area contributed by atoms with Crippen LogP contribution in [0.1, 0.15) is 59.5 Å². The summed E-state index contributed by atoms with van der Waals surface area (Å²) in [6.45, 7) is 3.83. The van der Waals surface area contributed by atoms with E-state index in [9.17, 15) is 19.2 Å². The molecule has 1 aromatic carbocycles. The summed E-state index contributed by atoms with van der Waals surface area (Å²) in [7, 11) is 2.79.